The normalized spacial score (nSPS) is 62.4. The number of rotatable bonds is 1. The summed E-state index contributed by atoms with van der Waals surface area (Å²) in [6, 6.07) is 0. The highest BCUT2D eigenvalue weighted by molar-refractivity contribution is 8.01. The van der Waals surface area contributed by atoms with E-state index >= 15 is 0 Å². The SMILES string of the molecule is CCC1C(C)C2CCC23CC(C)SC13C. The number of thioether (sulfide) groups is 1. The van der Waals surface area contributed by atoms with Crippen LogP contribution in [0.4, 0.5) is 0 Å². The summed E-state index contributed by atoms with van der Waals surface area (Å²) in [5.74, 6) is 3.05. The third-order valence-corrected chi connectivity index (χ3v) is 7.88. The average Bonchev–Trinajstić information content (AvgIpc) is 2.43. The molecular formula is C14H24S. The summed E-state index contributed by atoms with van der Waals surface area (Å²) in [6.45, 7) is 10.0. The molecule has 6 atom stereocenters. The van der Waals surface area contributed by atoms with Crippen LogP contribution in [0.2, 0.25) is 0 Å². The zero-order valence-corrected chi connectivity index (χ0v) is 11.4. The van der Waals surface area contributed by atoms with Crippen molar-refractivity contribution in [2.75, 3.05) is 0 Å². The van der Waals surface area contributed by atoms with Crippen molar-refractivity contribution in [3.8, 4) is 0 Å². The molecule has 0 aromatic heterocycles. The lowest BCUT2D eigenvalue weighted by atomic mass is 9.55. The van der Waals surface area contributed by atoms with Gasteiger partial charge in [-0.25, -0.2) is 0 Å². The lowest BCUT2D eigenvalue weighted by Gasteiger charge is -2.51. The Morgan fingerprint density at radius 3 is 2.60 bits per heavy atom. The van der Waals surface area contributed by atoms with Crippen LogP contribution in [-0.2, 0) is 0 Å². The Labute approximate surface area is 98.6 Å². The minimum absolute atomic E-state index is 0.628. The van der Waals surface area contributed by atoms with E-state index in [1.807, 2.05) is 0 Å². The van der Waals surface area contributed by atoms with Gasteiger partial charge in [0.2, 0.25) is 0 Å². The fraction of sp³-hybridized carbons (Fsp3) is 1.00. The Morgan fingerprint density at radius 2 is 2.07 bits per heavy atom. The first-order chi connectivity index (χ1) is 7.05. The fourth-order valence-corrected chi connectivity index (χ4v) is 7.93. The zero-order valence-electron chi connectivity index (χ0n) is 10.5. The second kappa shape index (κ2) is 2.97. The van der Waals surface area contributed by atoms with E-state index < -0.39 is 0 Å². The molecule has 0 aromatic carbocycles. The number of hydrogen-bond acceptors (Lipinski definition) is 1. The van der Waals surface area contributed by atoms with Crippen molar-refractivity contribution >= 4 is 11.8 Å². The van der Waals surface area contributed by atoms with Gasteiger partial charge in [-0.1, -0.05) is 27.2 Å². The Kier molecular flexibility index (Phi) is 2.08. The molecule has 1 spiro atoms. The first kappa shape index (κ1) is 10.5. The molecule has 1 heteroatoms. The van der Waals surface area contributed by atoms with E-state index in [2.05, 4.69) is 39.5 Å². The molecule has 3 aliphatic rings. The maximum absolute atomic E-state index is 2.60. The van der Waals surface area contributed by atoms with Crippen LogP contribution in [0.1, 0.15) is 53.4 Å². The maximum Gasteiger partial charge on any atom is 0.0224 e. The molecule has 0 nitrogen and oxygen atoms in total. The molecule has 0 N–H and O–H groups in total. The topological polar surface area (TPSA) is 0 Å². The smallest absolute Gasteiger partial charge is 0.0224 e. The first-order valence-corrected chi connectivity index (χ1v) is 7.61. The highest BCUT2D eigenvalue weighted by Crippen LogP contribution is 2.77. The molecule has 2 aliphatic carbocycles. The molecule has 2 saturated carbocycles. The van der Waals surface area contributed by atoms with Gasteiger partial charge in [0, 0.05) is 10.00 Å². The number of hydrogen-bond donors (Lipinski definition) is 0. The average molecular weight is 224 g/mol. The van der Waals surface area contributed by atoms with E-state index in [0.717, 1.165) is 28.4 Å². The van der Waals surface area contributed by atoms with Crippen LogP contribution in [0, 0.1) is 23.2 Å². The standard InChI is InChI=1S/C14H24S/c1-5-11-10(3)12-6-7-14(12)8-9(2)15-13(11,14)4/h9-12H,5-8H2,1-4H3. The van der Waals surface area contributed by atoms with Crippen molar-refractivity contribution in [2.45, 2.75) is 63.4 Å². The Hall–Kier alpha value is 0.350. The summed E-state index contributed by atoms with van der Waals surface area (Å²) in [6.07, 6.45) is 5.97. The Bertz CT molecular complexity index is 287. The quantitative estimate of drug-likeness (QED) is 0.638. The summed E-state index contributed by atoms with van der Waals surface area (Å²) in [7, 11) is 0. The van der Waals surface area contributed by atoms with E-state index in [1.54, 1.807) is 0 Å². The second-order valence-corrected chi connectivity index (χ2v) is 8.30. The van der Waals surface area contributed by atoms with Gasteiger partial charge in [0.1, 0.15) is 0 Å². The van der Waals surface area contributed by atoms with Gasteiger partial charge in [0.15, 0.2) is 0 Å². The third kappa shape index (κ3) is 0.976. The third-order valence-electron chi connectivity index (χ3n) is 6.11. The van der Waals surface area contributed by atoms with Crippen molar-refractivity contribution in [2.24, 2.45) is 23.2 Å². The molecule has 15 heavy (non-hydrogen) atoms. The van der Waals surface area contributed by atoms with Crippen molar-refractivity contribution in [1.82, 2.24) is 0 Å². The van der Waals surface area contributed by atoms with Crippen molar-refractivity contribution < 1.29 is 0 Å². The van der Waals surface area contributed by atoms with Crippen LogP contribution in [0.15, 0.2) is 0 Å². The van der Waals surface area contributed by atoms with Gasteiger partial charge in [0.05, 0.1) is 0 Å². The predicted octanol–water partition coefficient (Wildman–Crippen LogP) is 4.34. The molecule has 0 aromatic rings. The zero-order chi connectivity index (χ0) is 10.8. The van der Waals surface area contributed by atoms with Crippen LogP contribution in [0.25, 0.3) is 0 Å². The summed E-state index contributed by atoms with van der Waals surface area (Å²) in [5, 5.41) is 0.916. The fourth-order valence-electron chi connectivity index (χ4n) is 5.59. The van der Waals surface area contributed by atoms with E-state index in [4.69, 9.17) is 0 Å². The van der Waals surface area contributed by atoms with Crippen LogP contribution >= 0.6 is 11.8 Å². The molecule has 1 heterocycles. The van der Waals surface area contributed by atoms with E-state index in [1.165, 1.54) is 25.7 Å². The summed E-state index contributed by atoms with van der Waals surface area (Å²) in [5.41, 5.74) is 0.761. The van der Waals surface area contributed by atoms with Crippen LogP contribution in [0.5, 0.6) is 0 Å². The van der Waals surface area contributed by atoms with Crippen molar-refractivity contribution in [1.29, 1.82) is 0 Å². The lowest BCUT2D eigenvalue weighted by molar-refractivity contribution is 0.0245. The van der Waals surface area contributed by atoms with Crippen LogP contribution < -0.4 is 0 Å². The highest BCUT2D eigenvalue weighted by atomic mass is 32.2. The van der Waals surface area contributed by atoms with Gasteiger partial charge in [-0.2, -0.15) is 11.8 Å². The molecule has 0 amide bonds. The van der Waals surface area contributed by atoms with E-state index in [0.29, 0.717) is 4.75 Å². The molecule has 0 bridgehead atoms. The molecule has 86 valence electrons. The van der Waals surface area contributed by atoms with E-state index in [9.17, 15) is 0 Å². The minimum atomic E-state index is 0.628. The molecule has 3 rings (SSSR count). The van der Waals surface area contributed by atoms with Crippen LogP contribution in [0.3, 0.4) is 0 Å². The van der Waals surface area contributed by atoms with Gasteiger partial charge >= 0.3 is 0 Å². The molecule has 1 aliphatic heterocycles. The van der Waals surface area contributed by atoms with Gasteiger partial charge in [-0.15, -0.1) is 0 Å². The summed E-state index contributed by atoms with van der Waals surface area (Å²) < 4.78 is 0.628. The molecular weight excluding hydrogens is 200 g/mol. The molecule has 3 fully saturated rings. The largest absolute Gasteiger partial charge is 0.151 e. The Morgan fingerprint density at radius 1 is 1.33 bits per heavy atom. The Balaban J connectivity index is 2.03. The van der Waals surface area contributed by atoms with Crippen LogP contribution in [-0.4, -0.2) is 10.00 Å². The molecule has 6 unspecified atom stereocenters. The van der Waals surface area contributed by atoms with Gasteiger partial charge in [0.25, 0.3) is 0 Å². The lowest BCUT2D eigenvalue weighted by Crippen LogP contribution is -2.47. The predicted molar refractivity (Wildman–Crippen MR) is 68.2 cm³/mol. The van der Waals surface area contributed by atoms with Crippen molar-refractivity contribution in [3.63, 3.8) is 0 Å². The van der Waals surface area contributed by atoms with Gasteiger partial charge in [-0.05, 0) is 49.4 Å². The molecule has 0 radical (unpaired) electrons. The van der Waals surface area contributed by atoms with Gasteiger partial charge in [-0.3, -0.25) is 0 Å². The second-order valence-electron chi connectivity index (χ2n) is 6.41. The molecule has 1 saturated heterocycles. The minimum Gasteiger partial charge on any atom is -0.151 e. The summed E-state index contributed by atoms with van der Waals surface area (Å²) in [4.78, 5) is 0. The van der Waals surface area contributed by atoms with Gasteiger partial charge < -0.3 is 0 Å². The highest BCUT2D eigenvalue weighted by Gasteiger charge is 2.71. The monoisotopic (exact) mass is 224 g/mol. The maximum atomic E-state index is 2.60. The summed E-state index contributed by atoms with van der Waals surface area (Å²) >= 11 is 2.33. The van der Waals surface area contributed by atoms with Crippen molar-refractivity contribution in [3.05, 3.63) is 0 Å². The van der Waals surface area contributed by atoms with E-state index in [-0.39, 0.29) is 0 Å². The first-order valence-electron chi connectivity index (χ1n) is 6.73.